The Morgan fingerprint density at radius 3 is 2.82 bits per heavy atom. The molecule has 0 unspecified atom stereocenters. The molecule has 0 saturated carbocycles. The Morgan fingerprint density at radius 1 is 1.27 bits per heavy atom. The molecule has 0 radical (unpaired) electrons. The predicted octanol–water partition coefficient (Wildman–Crippen LogP) is 2.83. The van der Waals surface area contributed by atoms with Crippen LogP contribution in [0.25, 0.3) is 0 Å². The molecule has 1 N–H and O–H groups in total. The number of halogens is 1. The second-order valence-electron chi connectivity index (χ2n) is 5.28. The van der Waals surface area contributed by atoms with E-state index in [9.17, 15) is 4.39 Å². The largest absolute Gasteiger partial charge is 0.360 e. The number of nitrogens with one attached hydrogen (secondary N) is 1. The Balaban J connectivity index is 1.52. The number of hydrogen-bond donors (Lipinski definition) is 1. The Kier molecular flexibility index (Phi) is 4.66. The highest BCUT2D eigenvalue weighted by molar-refractivity contribution is 7.15. The summed E-state index contributed by atoms with van der Waals surface area (Å²) in [4.78, 5) is 0. The molecule has 1 saturated heterocycles. The quantitative estimate of drug-likeness (QED) is 0.886. The lowest BCUT2D eigenvalue weighted by Crippen LogP contribution is -2.28. The van der Waals surface area contributed by atoms with Crippen molar-refractivity contribution in [1.29, 1.82) is 0 Å². The van der Waals surface area contributed by atoms with Gasteiger partial charge in [0.05, 0.1) is 13.2 Å². The molecule has 0 atom stereocenters. The highest BCUT2D eigenvalue weighted by atomic mass is 32.1. The summed E-state index contributed by atoms with van der Waals surface area (Å²) in [6, 6.07) is 6.72. The van der Waals surface area contributed by atoms with Gasteiger partial charge in [-0.3, -0.25) is 0 Å². The maximum atomic E-state index is 13.6. The van der Waals surface area contributed by atoms with Gasteiger partial charge in [-0.1, -0.05) is 29.5 Å². The van der Waals surface area contributed by atoms with Gasteiger partial charge >= 0.3 is 0 Å². The molecule has 2 aromatic rings. The summed E-state index contributed by atoms with van der Waals surface area (Å²) >= 11 is 1.44. The Bertz CT molecular complexity index is 629. The van der Waals surface area contributed by atoms with Gasteiger partial charge in [-0.05, 0) is 18.6 Å². The van der Waals surface area contributed by atoms with Gasteiger partial charge in [-0.2, -0.15) is 0 Å². The maximum absolute atomic E-state index is 13.6. The molecular weight excluding hydrogens is 305 g/mol. The first-order valence-corrected chi connectivity index (χ1v) is 8.04. The van der Waals surface area contributed by atoms with Gasteiger partial charge in [-0.25, -0.2) is 4.39 Å². The average molecular weight is 323 g/mol. The lowest BCUT2D eigenvalue weighted by atomic mass is 10.1. The molecule has 1 aromatic carbocycles. The van der Waals surface area contributed by atoms with Crippen LogP contribution in [-0.4, -0.2) is 35.7 Å². The Hall–Kier alpha value is -1.57. The summed E-state index contributed by atoms with van der Waals surface area (Å²) in [5.74, 6) is -0.719. The number of ether oxygens (including phenoxy) is 2. The molecule has 1 aliphatic heterocycles. The van der Waals surface area contributed by atoms with Crippen molar-refractivity contribution in [2.45, 2.75) is 25.6 Å². The molecule has 118 valence electrons. The van der Waals surface area contributed by atoms with Gasteiger partial charge in [0.2, 0.25) is 5.13 Å². The van der Waals surface area contributed by atoms with E-state index in [1.807, 2.05) is 13.0 Å². The summed E-state index contributed by atoms with van der Waals surface area (Å²) in [5, 5.41) is 12.9. The van der Waals surface area contributed by atoms with Gasteiger partial charge in [0, 0.05) is 19.4 Å². The van der Waals surface area contributed by atoms with E-state index in [2.05, 4.69) is 15.5 Å². The summed E-state index contributed by atoms with van der Waals surface area (Å²) in [6.45, 7) is 3.90. The standard InChI is InChI=1S/C15H18FN3O2S/c1-15(20-8-9-21-15)6-7-17-14-19-18-13(22-14)10-11-4-2-3-5-12(11)16/h2-5H,6-10H2,1H3,(H,17,19). The van der Waals surface area contributed by atoms with Crippen molar-refractivity contribution in [3.63, 3.8) is 0 Å². The van der Waals surface area contributed by atoms with Crippen LogP contribution < -0.4 is 5.32 Å². The van der Waals surface area contributed by atoms with Gasteiger partial charge in [0.1, 0.15) is 10.8 Å². The van der Waals surface area contributed by atoms with E-state index in [0.717, 1.165) is 16.6 Å². The molecule has 1 aromatic heterocycles. The molecule has 3 rings (SSSR count). The Labute approximate surface area is 132 Å². The van der Waals surface area contributed by atoms with E-state index in [1.54, 1.807) is 12.1 Å². The van der Waals surface area contributed by atoms with Crippen LogP contribution in [0.1, 0.15) is 23.9 Å². The summed E-state index contributed by atoms with van der Waals surface area (Å²) < 4.78 is 24.7. The molecule has 22 heavy (non-hydrogen) atoms. The van der Waals surface area contributed by atoms with Crippen LogP contribution in [0.3, 0.4) is 0 Å². The molecule has 0 spiro atoms. The van der Waals surface area contributed by atoms with Crippen molar-refractivity contribution in [1.82, 2.24) is 10.2 Å². The van der Waals surface area contributed by atoms with Gasteiger partial charge in [0.15, 0.2) is 5.79 Å². The molecule has 2 heterocycles. The molecule has 7 heteroatoms. The van der Waals surface area contributed by atoms with Crippen molar-refractivity contribution in [2.75, 3.05) is 25.1 Å². The van der Waals surface area contributed by atoms with Crippen LogP contribution >= 0.6 is 11.3 Å². The van der Waals surface area contributed by atoms with E-state index in [-0.39, 0.29) is 5.82 Å². The van der Waals surface area contributed by atoms with Gasteiger partial charge in [0.25, 0.3) is 0 Å². The molecule has 0 aliphatic carbocycles. The SMILES string of the molecule is CC1(CCNc2nnc(Cc3ccccc3F)s2)OCCO1. The van der Waals surface area contributed by atoms with Crippen molar-refractivity contribution >= 4 is 16.5 Å². The smallest absolute Gasteiger partial charge is 0.205 e. The molecular formula is C15H18FN3O2S. The normalized spacial score (nSPS) is 16.8. The number of aromatic nitrogens is 2. The van der Waals surface area contributed by atoms with Crippen molar-refractivity contribution in [3.8, 4) is 0 Å². The third kappa shape index (κ3) is 3.79. The van der Waals surface area contributed by atoms with E-state index < -0.39 is 5.79 Å². The minimum absolute atomic E-state index is 0.212. The van der Waals surface area contributed by atoms with Gasteiger partial charge in [-0.15, -0.1) is 10.2 Å². The van der Waals surface area contributed by atoms with Gasteiger partial charge < -0.3 is 14.8 Å². The zero-order valence-corrected chi connectivity index (χ0v) is 13.2. The average Bonchev–Trinajstić information content (AvgIpc) is 3.11. The van der Waals surface area contributed by atoms with E-state index >= 15 is 0 Å². The van der Waals surface area contributed by atoms with Crippen LogP contribution in [0.5, 0.6) is 0 Å². The number of nitrogens with zero attached hydrogens (tertiary/aromatic N) is 2. The second kappa shape index (κ2) is 6.68. The predicted molar refractivity (Wildman–Crippen MR) is 82.5 cm³/mol. The monoisotopic (exact) mass is 323 g/mol. The van der Waals surface area contributed by atoms with Crippen LogP contribution in [0.15, 0.2) is 24.3 Å². The third-order valence-corrected chi connectivity index (χ3v) is 4.40. The topological polar surface area (TPSA) is 56.3 Å². The minimum atomic E-state index is -0.506. The lowest BCUT2D eigenvalue weighted by Gasteiger charge is -2.21. The van der Waals surface area contributed by atoms with Crippen LogP contribution in [0, 0.1) is 5.82 Å². The molecule has 0 amide bonds. The number of hydrogen-bond acceptors (Lipinski definition) is 6. The van der Waals surface area contributed by atoms with Crippen LogP contribution in [0.2, 0.25) is 0 Å². The highest BCUT2D eigenvalue weighted by Crippen LogP contribution is 2.24. The first kappa shape index (κ1) is 15.3. The third-order valence-electron chi connectivity index (χ3n) is 3.52. The number of rotatable bonds is 6. The first-order valence-electron chi connectivity index (χ1n) is 7.22. The molecule has 5 nitrogen and oxygen atoms in total. The summed E-state index contributed by atoms with van der Waals surface area (Å²) in [7, 11) is 0. The first-order chi connectivity index (χ1) is 10.6. The highest BCUT2D eigenvalue weighted by Gasteiger charge is 2.30. The van der Waals surface area contributed by atoms with Crippen molar-refractivity contribution in [3.05, 3.63) is 40.7 Å². The fraction of sp³-hybridized carbons (Fsp3) is 0.467. The van der Waals surface area contributed by atoms with Crippen LogP contribution in [-0.2, 0) is 15.9 Å². The Morgan fingerprint density at radius 2 is 2.05 bits per heavy atom. The zero-order valence-electron chi connectivity index (χ0n) is 12.3. The van der Waals surface area contributed by atoms with E-state index in [0.29, 0.717) is 31.7 Å². The number of anilines is 1. The second-order valence-corrected chi connectivity index (χ2v) is 6.34. The van der Waals surface area contributed by atoms with Crippen molar-refractivity contribution in [2.24, 2.45) is 0 Å². The maximum Gasteiger partial charge on any atom is 0.205 e. The van der Waals surface area contributed by atoms with E-state index in [4.69, 9.17) is 9.47 Å². The number of benzene rings is 1. The van der Waals surface area contributed by atoms with Crippen LogP contribution in [0.4, 0.5) is 9.52 Å². The van der Waals surface area contributed by atoms with E-state index in [1.165, 1.54) is 17.4 Å². The lowest BCUT2D eigenvalue weighted by molar-refractivity contribution is -0.144. The molecule has 0 bridgehead atoms. The fourth-order valence-corrected chi connectivity index (χ4v) is 3.09. The van der Waals surface area contributed by atoms with Crippen molar-refractivity contribution < 1.29 is 13.9 Å². The summed E-state index contributed by atoms with van der Waals surface area (Å²) in [5.41, 5.74) is 0.630. The zero-order chi connectivity index (χ0) is 15.4. The molecule has 1 aliphatic rings. The fourth-order valence-electron chi connectivity index (χ4n) is 2.30. The summed E-state index contributed by atoms with van der Waals surface area (Å²) in [6.07, 6.45) is 1.19. The minimum Gasteiger partial charge on any atom is -0.360 e. The molecule has 1 fully saturated rings.